The summed E-state index contributed by atoms with van der Waals surface area (Å²) in [5.74, 6) is 0.332. The van der Waals surface area contributed by atoms with Gasteiger partial charge in [0.1, 0.15) is 12.4 Å². The minimum Gasteiger partial charge on any atom is -0.489 e. The minimum absolute atomic E-state index is 0.310. The maximum absolute atomic E-state index is 12.2. The highest BCUT2D eigenvalue weighted by Gasteiger charge is 2.16. The van der Waals surface area contributed by atoms with Gasteiger partial charge in [-0.3, -0.25) is 4.79 Å². The van der Waals surface area contributed by atoms with Gasteiger partial charge < -0.3 is 9.47 Å². The van der Waals surface area contributed by atoms with Crippen LogP contribution in [0.1, 0.15) is 40.7 Å². The Balaban J connectivity index is 1.54. The van der Waals surface area contributed by atoms with E-state index in [4.69, 9.17) is 14.3 Å². The molecule has 1 atom stereocenters. The van der Waals surface area contributed by atoms with Crippen molar-refractivity contribution in [3.05, 3.63) is 65.2 Å². The molecule has 1 N–H and O–H groups in total. The third kappa shape index (κ3) is 5.31. The van der Waals surface area contributed by atoms with Gasteiger partial charge in [0, 0.05) is 18.6 Å². The largest absolute Gasteiger partial charge is 0.489 e. The van der Waals surface area contributed by atoms with Crippen molar-refractivity contribution in [1.82, 2.24) is 5.48 Å². The van der Waals surface area contributed by atoms with E-state index in [1.807, 2.05) is 31.2 Å². The SMILES string of the molecule is Cc1cccc(COc2cccc(C(=O)NOC3CCCCO3)c2)c1. The topological polar surface area (TPSA) is 56.8 Å². The number of hydroxylamine groups is 1. The first-order chi connectivity index (χ1) is 12.2. The van der Waals surface area contributed by atoms with E-state index in [2.05, 4.69) is 11.5 Å². The highest BCUT2D eigenvalue weighted by molar-refractivity contribution is 5.93. The van der Waals surface area contributed by atoms with Crippen LogP contribution in [0.5, 0.6) is 5.75 Å². The molecule has 0 saturated carbocycles. The Labute approximate surface area is 147 Å². The first-order valence-electron chi connectivity index (χ1n) is 8.57. The highest BCUT2D eigenvalue weighted by Crippen LogP contribution is 2.17. The lowest BCUT2D eigenvalue weighted by molar-refractivity contribution is -0.186. The zero-order valence-corrected chi connectivity index (χ0v) is 14.4. The molecule has 5 heteroatoms. The summed E-state index contributed by atoms with van der Waals surface area (Å²) < 4.78 is 11.2. The minimum atomic E-state index is -0.363. The second-order valence-corrected chi connectivity index (χ2v) is 6.15. The van der Waals surface area contributed by atoms with Crippen molar-refractivity contribution < 1.29 is 19.1 Å². The maximum Gasteiger partial charge on any atom is 0.275 e. The predicted molar refractivity (Wildman–Crippen MR) is 94.1 cm³/mol. The molecule has 1 aliphatic rings. The number of amides is 1. The zero-order valence-electron chi connectivity index (χ0n) is 14.4. The lowest BCUT2D eigenvalue weighted by atomic mass is 10.1. The van der Waals surface area contributed by atoms with Gasteiger partial charge in [-0.25, -0.2) is 10.3 Å². The van der Waals surface area contributed by atoms with Crippen LogP contribution >= 0.6 is 0 Å². The third-order valence-corrected chi connectivity index (χ3v) is 4.01. The molecule has 0 radical (unpaired) electrons. The summed E-state index contributed by atoms with van der Waals surface area (Å²) in [6.45, 7) is 3.17. The number of nitrogens with one attached hydrogen (secondary N) is 1. The summed E-state index contributed by atoms with van der Waals surface area (Å²) in [7, 11) is 0. The molecule has 1 aliphatic heterocycles. The van der Waals surface area contributed by atoms with Crippen LogP contribution in [0.2, 0.25) is 0 Å². The summed E-state index contributed by atoms with van der Waals surface area (Å²) in [6, 6.07) is 15.2. The molecular weight excluding hydrogens is 318 g/mol. The lowest BCUT2D eigenvalue weighted by Gasteiger charge is -2.22. The summed E-state index contributed by atoms with van der Waals surface area (Å²) in [5.41, 5.74) is 5.22. The van der Waals surface area contributed by atoms with Crippen LogP contribution in [0, 0.1) is 6.92 Å². The lowest BCUT2D eigenvalue weighted by Crippen LogP contribution is -2.33. The summed E-state index contributed by atoms with van der Waals surface area (Å²) in [4.78, 5) is 17.5. The van der Waals surface area contributed by atoms with Gasteiger partial charge in [0.25, 0.3) is 5.91 Å². The first kappa shape index (κ1) is 17.5. The van der Waals surface area contributed by atoms with Crippen LogP contribution in [-0.2, 0) is 16.2 Å². The van der Waals surface area contributed by atoms with E-state index >= 15 is 0 Å². The summed E-state index contributed by atoms with van der Waals surface area (Å²) in [6.07, 6.45) is 2.51. The molecule has 132 valence electrons. The third-order valence-electron chi connectivity index (χ3n) is 4.01. The molecule has 1 amide bonds. The maximum atomic E-state index is 12.2. The molecule has 0 spiro atoms. The fourth-order valence-corrected chi connectivity index (χ4v) is 2.68. The van der Waals surface area contributed by atoms with E-state index in [0.29, 0.717) is 24.5 Å². The van der Waals surface area contributed by atoms with Crippen LogP contribution < -0.4 is 10.2 Å². The van der Waals surface area contributed by atoms with Crippen LogP contribution in [0.25, 0.3) is 0 Å². The number of carbonyl (C=O) groups excluding carboxylic acids is 1. The quantitative estimate of drug-likeness (QED) is 0.813. The molecule has 1 fully saturated rings. The summed E-state index contributed by atoms with van der Waals surface area (Å²) in [5, 5.41) is 0. The molecule has 25 heavy (non-hydrogen) atoms. The van der Waals surface area contributed by atoms with Crippen molar-refractivity contribution in [2.24, 2.45) is 0 Å². The number of benzene rings is 2. The van der Waals surface area contributed by atoms with Gasteiger partial charge in [-0.15, -0.1) is 0 Å². The van der Waals surface area contributed by atoms with E-state index in [9.17, 15) is 4.79 Å². The molecule has 0 aliphatic carbocycles. The van der Waals surface area contributed by atoms with Crippen LogP contribution in [0.4, 0.5) is 0 Å². The smallest absolute Gasteiger partial charge is 0.275 e. The Morgan fingerprint density at radius 1 is 1.20 bits per heavy atom. The Kier molecular flexibility index (Phi) is 6.04. The Bertz CT molecular complexity index is 710. The predicted octanol–water partition coefficient (Wildman–Crippen LogP) is 3.76. The standard InChI is InChI=1S/C20H23NO4/c1-15-6-4-7-16(12-15)14-24-18-9-5-8-17(13-18)20(22)21-25-19-10-2-3-11-23-19/h4-9,12-13,19H,2-3,10-11,14H2,1H3,(H,21,22). The molecule has 3 rings (SSSR count). The van der Waals surface area contributed by atoms with E-state index in [1.54, 1.807) is 18.2 Å². The second kappa shape index (κ2) is 8.65. The van der Waals surface area contributed by atoms with Crippen LogP contribution in [0.3, 0.4) is 0 Å². The fourth-order valence-electron chi connectivity index (χ4n) is 2.68. The molecule has 1 saturated heterocycles. The van der Waals surface area contributed by atoms with Gasteiger partial charge in [-0.1, -0.05) is 35.9 Å². The molecular formula is C20H23NO4. The van der Waals surface area contributed by atoms with Crippen molar-refractivity contribution in [3.8, 4) is 5.75 Å². The molecule has 0 aromatic heterocycles. The van der Waals surface area contributed by atoms with Gasteiger partial charge in [-0.05, 0) is 43.5 Å². The Morgan fingerprint density at radius 2 is 2.08 bits per heavy atom. The fraction of sp³-hybridized carbons (Fsp3) is 0.350. The van der Waals surface area contributed by atoms with E-state index in [-0.39, 0.29) is 12.2 Å². The number of rotatable bonds is 6. The van der Waals surface area contributed by atoms with Crippen molar-refractivity contribution in [2.75, 3.05) is 6.61 Å². The molecule has 5 nitrogen and oxygen atoms in total. The average molecular weight is 341 g/mol. The molecule has 1 heterocycles. The van der Waals surface area contributed by atoms with Gasteiger partial charge in [-0.2, -0.15) is 0 Å². The molecule has 1 unspecified atom stereocenters. The molecule has 2 aromatic carbocycles. The Morgan fingerprint density at radius 3 is 2.88 bits per heavy atom. The summed E-state index contributed by atoms with van der Waals surface area (Å²) >= 11 is 0. The van der Waals surface area contributed by atoms with Crippen LogP contribution in [0.15, 0.2) is 48.5 Å². The zero-order chi connectivity index (χ0) is 17.5. The average Bonchev–Trinajstić information content (AvgIpc) is 2.65. The van der Waals surface area contributed by atoms with Gasteiger partial charge in [0.05, 0.1) is 0 Å². The van der Waals surface area contributed by atoms with Crippen molar-refractivity contribution >= 4 is 5.91 Å². The first-order valence-corrected chi connectivity index (χ1v) is 8.57. The van der Waals surface area contributed by atoms with Crippen molar-refractivity contribution in [2.45, 2.75) is 39.1 Å². The second-order valence-electron chi connectivity index (χ2n) is 6.15. The van der Waals surface area contributed by atoms with E-state index in [0.717, 1.165) is 24.8 Å². The number of carbonyl (C=O) groups is 1. The Hall–Kier alpha value is -2.37. The van der Waals surface area contributed by atoms with Gasteiger partial charge in [0.15, 0.2) is 6.29 Å². The van der Waals surface area contributed by atoms with Crippen molar-refractivity contribution in [1.29, 1.82) is 0 Å². The number of aryl methyl sites for hydroxylation is 1. The van der Waals surface area contributed by atoms with Gasteiger partial charge >= 0.3 is 0 Å². The normalized spacial score (nSPS) is 17.1. The van der Waals surface area contributed by atoms with E-state index < -0.39 is 0 Å². The highest BCUT2D eigenvalue weighted by atomic mass is 16.8. The van der Waals surface area contributed by atoms with E-state index in [1.165, 1.54) is 5.56 Å². The molecule has 2 aromatic rings. The van der Waals surface area contributed by atoms with Crippen LogP contribution in [-0.4, -0.2) is 18.8 Å². The number of hydrogen-bond donors (Lipinski definition) is 1. The van der Waals surface area contributed by atoms with Crippen molar-refractivity contribution in [3.63, 3.8) is 0 Å². The molecule has 0 bridgehead atoms. The number of ether oxygens (including phenoxy) is 2. The van der Waals surface area contributed by atoms with Gasteiger partial charge in [0.2, 0.25) is 0 Å². The monoisotopic (exact) mass is 341 g/mol. The number of hydrogen-bond acceptors (Lipinski definition) is 4.